The van der Waals surface area contributed by atoms with Crippen molar-refractivity contribution in [2.45, 2.75) is 12.8 Å². The molecule has 0 aliphatic carbocycles. The fourth-order valence-corrected chi connectivity index (χ4v) is 5.31. The third-order valence-corrected chi connectivity index (χ3v) is 7.62. The minimum absolute atomic E-state index is 0.00171. The molecule has 0 unspecified atom stereocenters. The molecule has 1 heterocycles. The number of rotatable bonds is 11. The number of benzene rings is 3. The molecule has 0 fully saturated rings. The summed E-state index contributed by atoms with van der Waals surface area (Å²) in [4.78, 5) is 26.0. The van der Waals surface area contributed by atoms with Crippen molar-refractivity contribution in [3.05, 3.63) is 89.2 Å². The largest absolute Gasteiger partial charge is 0.481 e. The molecule has 0 atom stereocenters. The maximum atomic E-state index is 13.9. The van der Waals surface area contributed by atoms with Crippen LogP contribution >= 0.6 is 0 Å². The van der Waals surface area contributed by atoms with Crippen LogP contribution in [0.1, 0.15) is 23.1 Å². The fraction of sp³-hybridized carbons (Fsp3) is 0.241. The first-order valence-electron chi connectivity index (χ1n) is 12.6. The van der Waals surface area contributed by atoms with E-state index in [0.29, 0.717) is 52.4 Å². The Morgan fingerprint density at radius 1 is 1.00 bits per heavy atom. The van der Waals surface area contributed by atoms with Crippen molar-refractivity contribution in [2.24, 2.45) is 0 Å². The predicted octanol–water partition coefficient (Wildman–Crippen LogP) is 4.10. The Hall–Kier alpha value is -4.22. The first-order chi connectivity index (χ1) is 18.9. The van der Waals surface area contributed by atoms with Crippen LogP contribution in [0.2, 0.25) is 0 Å². The number of anilines is 3. The second-order valence-corrected chi connectivity index (χ2v) is 11.7. The summed E-state index contributed by atoms with van der Waals surface area (Å²) in [6, 6.07) is 18.1. The van der Waals surface area contributed by atoms with Crippen LogP contribution in [0.25, 0.3) is 11.3 Å². The first-order valence-corrected chi connectivity index (χ1v) is 14.4. The van der Waals surface area contributed by atoms with Gasteiger partial charge < -0.3 is 20.6 Å². The van der Waals surface area contributed by atoms with Gasteiger partial charge in [0.1, 0.15) is 5.82 Å². The molecular weight excluding hydrogens is 535 g/mol. The molecule has 0 radical (unpaired) electrons. The molecule has 0 bridgehead atoms. The van der Waals surface area contributed by atoms with E-state index in [1.165, 1.54) is 16.4 Å². The topological polar surface area (TPSA) is 119 Å². The van der Waals surface area contributed by atoms with Crippen molar-refractivity contribution in [1.82, 2.24) is 4.90 Å². The number of aryl methyl sites for hydroxylation is 1. The number of carbonyl (C=O) groups excluding carboxylic acids is 1. The molecule has 1 amide bonds. The van der Waals surface area contributed by atoms with E-state index in [-0.39, 0.29) is 13.0 Å². The summed E-state index contributed by atoms with van der Waals surface area (Å²) >= 11 is 0. The molecule has 3 aromatic carbocycles. The van der Waals surface area contributed by atoms with Crippen molar-refractivity contribution in [3.8, 4) is 0 Å². The summed E-state index contributed by atoms with van der Waals surface area (Å²) in [5, 5.41) is 15.0. The van der Waals surface area contributed by atoms with Gasteiger partial charge in [0.2, 0.25) is 10.0 Å². The summed E-state index contributed by atoms with van der Waals surface area (Å²) in [6.07, 6.45) is 1.53. The van der Waals surface area contributed by atoms with Crippen molar-refractivity contribution in [1.29, 1.82) is 0 Å². The van der Waals surface area contributed by atoms with E-state index in [2.05, 4.69) is 10.6 Å². The molecule has 0 spiro atoms. The van der Waals surface area contributed by atoms with Gasteiger partial charge in [-0.3, -0.25) is 13.9 Å². The van der Waals surface area contributed by atoms with E-state index in [9.17, 15) is 22.4 Å². The minimum Gasteiger partial charge on any atom is -0.481 e. The standard InChI is InChI=1S/C29H31FN4O5S/c1-33(2)16-17-34(40(3,38)39)23-12-10-22(11-13-23)31-28(20-7-4-19(5-8-20)6-15-26(35)36)27-24-14-9-21(30)18-25(24)32-29(27)37/h4-5,7-14,18,31H,6,15-17H2,1-3H3,(H,32,37)(H,35,36). The van der Waals surface area contributed by atoms with Crippen LogP contribution < -0.4 is 14.9 Å². The number of carboxylic acids is 1. The quantitative estimate of drug-likeness (QED) is 0.299. The average Bonchev–Trinajstić information content (AvgIpc) is 3.20. The molecule has 0 saturated heterocycles. The van der Waals surface area contributed by atoms with Gasteiger partial charge in [-0.15, -0.1) is 0 Å². The Morgan fingerprint density at radius 2 is 1.68 bits per heavy atom. The van der Waals surface area contributed by atoms with Crippen LogP contribution in [0.15, 0.2) is 66.7 Å². The molecule has 1 aliphatic heterocycles. The zero-order chi connectivity index (χ0) is 29.0. The van der Waals surface area contributed by atoms with E-state index < -0.39 is 27.7 Å². The number of sulfonamides is 1. The monoisotopic (exact) mass is 566 g/mol. The highest BCUT2D eigenvalue weighted by Crippen LogP contribution is 2.38. The molecule has 1 aliphatic rings. The van der Waals surface area contributed by atoms with Gasteiger partial charge in [-0.1, -0.05) is 24.3 Å². The van der Waals surface area contributed by atoms with Crippen LogP contribution in [0, 0.1) is 5.82 Å². The Morgan fingerprint density at radius 3 is 2.27 bits per heavy atom. The second-order valence-electron chi connectivity index (χ2n) is 9.79. The molecule has 40 heavy (non-hydrogen) atoms. The number of nitrogens with one attached hydrogen (secondary N) is 2. The number of aliphatic carboxylic acids is 1. The van der Waals surface area contributed by atoms with Gasteiger partial charge in [-0.05, 0) is 74.1 Å². The molecule has 9 nitrogen and oxygen atoms in total. The van der Waals surface area contributed by atoms with Gasteiger partial charge >= 0.3 is 5.97 Å². The third kappa shape index (κ3) is 6.85. The lowest BCUT2D eigenvalue weighted by Crippen LogP contribution is -2.35. The zero-order valence-corrected chi connectivity index (χ0v) is 23.3. The second kappa shape index (κ2) is 11.9. The number of amides is 1. The number of hydrogen-bond donors (Lipinski definition) is 3. The van der Waals surface area contributed by atoms with E-state index >= 15 is 0 Å². The lowest BCUT2D eigenvalue weighted by molar-refractivity contribution is -0.137. The highest BCUT2D eigenvalue weighted by Gasteiger charge is 2.29. The SMILES string of the molecule is CN(C)CCN(c1ccc(NC(=C2C(=O)Nc3cc(F)ccc32)c2ccc(CCC(=O)O)cc2)cc1)S(C)(=O)=O. The smallest absolute Gasteiger partial charge is 0.303 e. The summed E-state index contributed by atoms with van der Waals surface area (Å²) < 4.78 is 40.1. The Balaban J connectivity index is 1.72. The van der Waals surface area contributed by atoms with Crippen molar-refractivity contribution in [2.75, 3.05) is 48.4 Å². The highest BCUT2D eigenvalue weighted by molar-refractivity contribution is 7.92. The third-order valence-electron chi connectivity index (χ3n) is 6.42. The van der Waals surface area contributed by atoms with Crippen molar-refractivity contribution in [3.63, 3.8) is 0 Å². The molecule has 210 valence electrons. The number of carboxylic acid groups (broad SMARTS) is 1. The highest BCUT2D eigenvalue weighted by atomic mass is 32.2. The predicted molar refractivity (Wildman–Crippen MR) is 155 cm³/mol. The van der Waals surface area contributed by atoms with Gasteiger partial charge in [-0.25, -0.2) is 12.8 Å². The van der Waals surface area contributed by atoms with Crippen LogP contribution in [-0.2, 0) is 26.0 Å². The number of nitrogens with zero attached hydrogens (tertiary/aromatic N) is 2. The van der Waals surface area contributed by atoms with E-state index in [1.807, 2.05) is 19.0 Å². The van der Waals surface area contributed by atoms with Gasteiger partial charge in [0.05, 0.1) is 28.9 Å². The van der Waals surface area contributed by atoms with E-state index in [1.54, 1.807) is 54.6 Å². The molecule has 0 aromatic heterocycles. The molecule has 3 N–H and O–H groups in total. The summed E-state index contributed by atoms with van der Waals surface area (Å²) in [5.74, 6) is -1.76. The van der Waals surface area contributed by atoms with Crippen molar-refractivity contribution < 1.29 is 27.5 Å². The molecular formula is C29H31FN4O5S. The number of hydrogen-bond acceptors (Lipinski definition) is 6. The number of halogens is 1. The van der Waals surface area contributed by atoms with E-state index in [0.717, 1.165) is 11.8 Å². The van der Waals surface area contributed by atoms with Crippen LogP contribution in [0.3, 0.4) is 0 Å². The van der Waals surface area contributed by atoms with E-state index in [4.69, 9.17) is 5.11 Å². The first kappa shape index (κ1) is 28.8. The number of carbonyl (C=O) groups is 2. The minimum atomic E-state index is -3.51. The van der Waals surface area contributed by atoms with Crippen LogP contribution in [0.4, 0.5) is 21.5 Å². The summed E-state index contributed by atoms with van der Waals surface area (Å²) in [6.45, 7) is 0.830. The lowest BCUT2D eigenvalue weighted by atomic mass is 9.98. The fourth-order valence-electron chi connectivity index (χ4n) is 4.39. The Bertz CT molecular complexity index is 1550. The van der Waals surface area contributed by atoms with Crippen molar-refractivity contribution >= 4 is 50.2 Å². The normalized spacial score (nSPS) is 14.1. The van der Waals surface area contributed by atoms with Crippen LogP contribution in [0.5, 0.6) is 0 Å². The lowest BCUT2D eigenvalue weighted by Gasteiger charge is -2.24. The molecule has 11 heteroatoms. The summed E-state index contributed by atoms with van der Waals surface area (Å²) in [5.41, 5.74) is 4.28. The van der Waals surface area contributed by atoms with Crippen LogP contribution in [-0.4, -0.2) is 63.7 Å². The Kier molecular flexibility index (Phi) is 8.55. The summed E-state index contributed by atoms with van der Waals surface area (Å²) in [7, 11) is 0.228. The zero-order valence-electron chi connectivity index (χ0n) is 22.4. The molecule has 0 saturated carbocycles. The molecule has 4 rings (SSSR count). The number of fused-ring (bicyclic) bond motifs is 1. The van der Waals surface area contributed by atoms with Gasteiger partial charge in [-0.2, -0.15) is 0 Å². The maximum Gasteiger partial charge on any atom is 0.303 e. The van der Waals surface area contributed by atoms with Gasteiger partial charge in [0, 0.05) is 30.8 Å². The average molecular weight is 567 g/mol. The maximum absolute atomic E-state index is 13.9. The van der Waals surface area contributed by atoms with Gasteiger partial charge in [0.25, 0.3) is 5.91 Å². The Labute approximate surface area is 233 Å². The van der Waals surface area contributed by atoms with Gasteiger partial charge in [0.15, 0.2) is 0 Å². The number of likely N-dealkylation sites (N-methyl/N-ethyl adjacent to an activating group) is 1. The molecule has 3 aromatic rings.